The van der Waals surface area contributed by atoms with Gasteiger partial charge < -0.3 is 10.1 Å². The second-order valence-electron chi connectivity index (χ2n) is 6.17. The van der Waals surface area contributed by atoms with Crippen molar-refractivity contribution in [2.45, 2.75) is 13.0 Å². The molecule has 2 aromatic carbocycles. The van der Waals surface area contributed by atoms with E-state index < -0.39 is 0 Å². The van der Waals surface area contributed by atoms with Gasteiger partial charge in [0.2, 0.25) is 5.91 Å². The van der Waals surface area contributed by atoms with Crippen molar-refractivity contribution >= 4 is 21.8 Å². The Morgan fingerprint density at radius 2 is 1.93 bits per heavy atom. The zero-order valence-corrected chi connectivity index (χ0v) is 17.0. The molecule has 0 aliphatic carbocycles. The van der Waals surface area contributed by atoms with E-state index in [1.54, 1.807) is 13.2 Å². The summed E-state index contributed by atoms with van der Waals surface area (Å²) >= 11 is 3.39. The van der Waals surface area contributed by atoms with Crippen LogP contribution >= 0.6 is 15.9 Å². The summed E-state index contributed by atoms with van der Waals surface area (Å²) in [6.45, 7) is 0.342. The van der Waals surface area contributed by atoms with Crippen LogP contribution in [-0.4, -0.2) is 29.3 Å². The van der Waals surface area contributed by atoms with Crippen LogP contribution in [-0.2, 0) is 17.8 Å². The van der Waals surface area contributed by atoms with E-state index in [0.717, 1.165) is 21.3 Å². The maximum atomic E-state index is 12.2. The number of carbonyl (C=O) groups is 1. The molecule has 0 saturated carbocycles. The van der Waals surface area contributed by atoms with E-state index in [1.807, 2.05) is 48.5 Å². The summed E-state index contributed by atoms with van der Waals surface area (Å²) in [5.41, 5.74) is 2.25. The number of hydrogen-bond acceptors (Lipinski definition) is 4. The second kappa shape index (κ2) is 9.32. The highest BCUT2D eigenvalue weighted by atomic mass is 79.9. The summed E-state index contributed by atoms with van der Waals surface area (Å²) < 4.78 is 7.33. The van der Waals surface area contributed by atoms with Gasteiger partial charge in [0, 0.05) is 22.6 Å². The number of aromatic nitrogens is 2. The maximum absolute atomic E-state index is 12.2. The largest absolute Gasteiger partial charge is 0.497 e. The third-order valence-corrected chi connectivity index (χ3v) is 4.70. The Kier molecular flexibility index (Phi) is 6.60. The summed E-state index contributed by atoms with van der Waals surface area (Å²) in [4.78, 5) is 24.3. The third-order valence-electron chi connectivity index (χ3n) is 4.17. The Balaban J connectivity index is 1.61. The van der Waals surface area contributed by atoms with Gasteiger partial charge in [0.15, 0.2) is 0 Å². The van der Waals surface area contributed by atoms with E-state index in [2.05, 4.69) is 26.3 Å². The molecule has 0 fully saturated rings. The molecule has 0 aliphatic heterocycles. The molecule has 144 valence electrons. The predicted octanol–water partition coefficient (Wildman–Crippen LogP) is 3.04. The van der Waals surface area contributed by atoms with Gasteiger partial charge in [0.05, 0.1) is 12.8 Å². The fourth-order valence-corrected chi connectivity index (χ4v) is 2.97. The molecule has 1 amide bonds. The minimum absolute atomic E-state index is 0.124. The Hall–Kier alpha value is -2.93. The van der Waals surface area contributed by atoms with E-state index in [-0.39, 0.29) is 18.0 Å². The maximum Gasteiger partial charge on any atom is 0.267 e. The average Bonchev–Trinajstić information content (AvgIpc) is 2.70. The number of methoxy groups -OCH3 is 1. The van der Waals surface area contributed by atoms with E-state index in [1.165, 1.54) is 10.7 Å². The van der Waals surface area contributed by atoms with Gasteiger partial charge in [0.25, 0.3) is 5.56 Å². The minimum Gasteiger partial charge on any atom is -0.497 e. The molecule has 0 saturated heterocycles. The lowest BCUT2D eigenvalue weighted by atomic mass is 10.1. The van der Waals surface area contributed by atoms with E-state index in [4.69, 9.17) is 4.74 Å². The van der Waals surface area contributed by atoms with Crippen LogP contribution in [0.1, 0.15) is 5.56 Å². The number of amides is 1. The van der Waals surface area contributed by atoms with Gasteiger partial charge in [0.1, 0.15) is 12.3 Å². The summed E-state index contributed by atoms with van der Waals surface area (Å²) in [5.74, 6) is 0.523. The molecule has 28 heavy (non-hydrogen) atoms. The van der Waals surface area contributed by atoms with Crippen LogP contribution in [0, 0.1) is 0 Å². The van der Waals surface area contributed by atoms with Crippen LogP contribution in [0.2, 0.25) is 0 Å². The molecule has 1 N–H and O–H groups in total. The minimum atomic E-state index is -0.316. The Labute approximate surface area is 171 Å². The number of carbonyl (C=O) groups excluding carboxylic acids is 1. The number of halogens is 1. The van der Waals surface area contributed by atoms with Crippen LogP contribution in [0.5, 0.6) is 5.75 Å². The zero-order chi connectivity index (χ0) is 19.9. The lowest BCUT2D eigenvalue weighted by molar-refractivity contribution is -0.121. The molecule has 1 aromatic heterocycles. The number of ether oxygens (including phenoxy) is 1. The van der Waals surface area contributed by atoms with Gasteiger partial charge in [-0.3, -0.25) is 9.59 Å². The van der Waals surface area contributed by atoms with Gasteiger partial charge in [-0.25, -0.2) is 4.68 Å². The monoisotopic (exact) mass is 441 g/mol. The van der Waals surface area contributed by atoms with Crippen molar-refractivity contribution in [3.05, 3.63) is 81.1 Å². The van der Waals surface area contributed by atoms with Gasteiger partial charge in [-0.05, 0) is 42.3 Å². The number of nitrogens with one attached hydrogen (secondary N) is 1. The van der Waals surface area contributed by atoms with Gasteiger partial charge in [-0.2, -0.15) is 5.10 Å². The second-order valence-corrected chi connectivity index (χ2v) is 7.09. The molecule has 0 atom stereocenters. The highest BCUT2D eigenvalue weighted by Gasteiger charge is 2.08. The topological polar surface area (TPSA) is 73.2 Å². The van der Waals surface area contributed by atoms with Crippen LogP contribution in [0.15, 0.2) is 69.9 Å². The van der Waals surface area contributed by atoms with E-state index >= 15 is 0 Å². The number of benzene rings is 2. The van der Waals surface area contributed by atoms with Gasteiger partial charge >= 0.3 is 0 Å². The Morgan fingerprint density at radius 3 is 2.68 bits per heavy atom. The van der Waals surface area contributed by atoms with Crippen LogP contribution < -0.4 is 15.6 Å². The normalized spacial score (nSPS) is 10.5. The molecule has 3 aromatic rings. The molecular formula is C21H20BrN3O3. The fourth-order valence-electron chi connectivity index (χ4n) is 2.70. The lowest BCUT2D eigenvalue weighted by Crippen LogP contribution is -2.34. The van der Waals surface area contributed by atoms with E-state index in [0.29, 0.717) is 18.7 Å². The van der Waals surface area contributed by atoms with Gasteiger partial charge in [-0.1, -0.05) is 40.2 Å². The standard InChI is InChI=1S/C21H20BrN3O3/c1-28-18-4-2-3-15(13-18)11-12-23-20(26)14-25-21(27)10-9-19(24-25)16-5-7-17(22)8-6-16/h2-10,13H,11-12,14H2,1H3,(H,23,26). The number of nitrogens with zero attached hydrogens (tertiary/aromatic N) is 2. The summed E-state index contributed by atoms with van der Waals surface area (Å²) in [6, 6.07) is 18.4. The Morgan fingerprint density at radius 1 is 1.14 bits per heavy atom. The molecule has 7 heteroatoms. The Bertz CT molecular complexity index is 1020. The predicted molar refractivity (Wildman–Crippen MR) is 111 cm³/mol. The quantitative estimate of drug-likeness (QED) is 0.611. The average molecular weight is 442 g/mol. The van der Waals surface area contributed by atoms with Crippen molar-refractivity contribution in [1.29, 1.82) is 0 Å². The molecule has 0 spiro atoms. The van der Waals surface area contributed by atoms with Crippen LogP contribution in [0.4, 0.5) is 0 Å². The zero-order valence-electron chi connectivity index (χ0n) is 15.4. The number of rotatable bonds is 7. The highest BCUT2D eigenvalue weighted by Crippen LogP contribution is 2.18. The summed E-state index contributed by atoms with van der Waals surface area (Å²) in [5, 5.41) is 7.14. The first kappa shape index (κ1) is 19.8. The molecule has 1 heterocycles. The SMILES string of the molecule is COc1cccc(CCNC(=O)Cn2nc(-c3ccc(Br)cc3)ccc2=O)c1. The lowest BCUT2D eigenvalue weighted by Gasteiger charge is -2.09. The van der Waals surface area contributed by atoms with Crippen LogP contribution in [0.3, 0.4) is 0 Å². The molecule has 3 rings (SSSR count). The van der Waals surface area contributed by atoms with Crippen molar-refractivity contribution in [3.63, 3.8) is 0 Å². The summed E-state index contributed by atoms with van der Waals surface area (Å²) in [6.07, 6.45) is 0.671. The molecule has 6 nitrogen and oxygen atoms in total. The van der Waals surface area contributed by atoms with Crippen molar-refractivity contribution in [1.82, 2.24) is 15.1 Å². The third kappa shape index (κ3) is 5.29. The summed E-state index contributed by atoms with van der Waals surface area (Å²) in [7, 11) is 1.62. The van der Waals surface area contributed by atoms with Crippen molar-refractivity contribution in [2.75, 3.05) is 13.7 Å². The molecule has 0 unspecified atom stereocenters. The van der Waals surface area contributed by atoms with Crippen molar-refractivity contribution in [2.24, 2.45) is 0 Å². The molecule has 0 bridgehead atoms. The van der Waals surface area contributed by atoms with Crippen molar-refractivity contribution < 1.29 is 9.53 Å². The van der Waals surface area contributed by atoms with Crippen molar-refractivity contribution in [3.8, 4) is 17.0 Å². The first-order valence-corrected chi connectivity index (χ1v) is 9.58. The fraction of sp³-hybridized carbons (Fsp3) is 0.190. The van der Waals surface area contributed by atoms with Crippen LogP contribution in [0.25, 0.3) is 11.3 Å². The molecular weight excluding hydrogens is 422 g/mol. The van der Waals surface area contributed by atoms with Gasteiger partial charge in [-0.15, -0.1) is 0 Å². The smallest absolute Gasteiger partial charge is 0.267 e. The highest BCUT2D eigenvalue weighted by molar-refractivity contribution is 9.10. The van der Waals surface area contributed by atoms with E-state index in [9.17, 15) is 9.59 Å². The molecule has 0 aliphatic rings. The first-order chi connectivity index (χ1) is 13.5. The first-order valence-electron chi connectivity index (χ1n) is 8.79. The number of hydrogen-bond donors (Lipinski definition) is 1. The molecule has 0 radical (unpaired) electrons.